The summed E-state index contributed by atoms with van der Waals surface area (Å²) in [4.78, 5) is 12.3. The average Bonchev–Trinajstić information content (AvgIpc) is 2.82. The molecule has 0 amide bonds. The second kappa shape index (κ2) is 9.33. The summed E-state index contributed by atoms with van der Waals surface area (Å²) in [6.07, 6.45) is 3.05. The quantitative estimate of drug-likeness (QED) is 0.348. The number of nitrogens with zero attached hydrogens (tertiary/aromatic N) is 1. The number of esters is 1. The zero-order valence-corrected chi connectivity index (χ0v) is 18.2. The predicted molar refractivity (Wildman–Crippen MR) is 125 cm³/mol. The molecule has 3 aromatic rings. The van der Waals surface area contributed by atoms with Crippen LogP contribution >= 0.6 is 0 Å². The van der Waals surface area contributed by atoms with Crippen LogP contribution in [0.5, 0.6) is 17.2 Å². The van der Waals surface area contributed by atoms with E-state index in [1.807, 2.05) is 55.5 Å². The summed E-state index contributed by atoms with van der Waals surface area (Å²) in [6.45, 7) is 2.00. The molecule has 6 heteroatoms. The van der Waals surface area contributed by atoms with Gasteiger partial charge in [0.2, 0.25) is 5.88 Å². The summed E-state index contributed by atoms with van der Waals surface area (Å²) in [6, 6.07) is 22.4. The third-order valence-electron chi connectivity index (χ3n) is 5.35. The number of carbonyl (C=O) groups excluding carboxylic acids is 1. The van der Waals surface area contributed by atoms with Gasteiger partial charge in [0.05, 0.1) is 13.0 Å². The maximum Gasteiger partial charge on any atom is 0.336 e. The highest BCUT2D eigenvalue weighted by molar-refractivity contribution is 5.88. The van der Waals surface area contributed by atoms with Crippen molar-refractivity contribution in [3.8, 4) is 23.3 Å². The number of benzene rings is 3. The lowest BCUT2D eigenvalue weighted by Crippen LogP contribution is -2.21. The van der Waals surface area contributed by atoms with Gasteiger partial charge in [0.25, 0.3) is 0 Å². The molecule has 0 saturated carbocycles. The summed E-state index contributed by atoms with van der Waals surface area (Å²) >= 11 is 0. The molecule has 0 fully saturated rings. The summed E-state index contributed by atoms with van der Waals surface area (Å²) < 4.78 is 16.7. The van der Waals surface area contributed by atoms with Crippen molar-refractivity contribution < 1.29 is 19.0 Å². The largest absolute Gasteiger partial charge is 0.496 e. The minimum absolute atomic E-state index is 0.00338. The van der Waals surface area contributed by atoms with Crippen molar-refractivity contribution in [3.63, 3.8) is 0 Å². The molecule has 0 saturated heterocycles. The number of ether oxygens (including phenoxy) is 3. The molecule has 2 N–H and O–H groups in total. The van der Waals surface area contributed by atoms with Crippen LogP contribution in [0.25, 0.3) is 6.08 Å². The highest BCUT2D eigenvalue weighted by Crippen LogP contribution is 2.45. The summed E-state index contributed by atoms with van der Waals surface area (Å²) in [7, 11) is 1.57. The second-order valence-corrected chi connectivity index (χ2v) is 7.53. The Balaban J connectivity index is 1.62. The van der Waals surface area contributed by atoms with E-state index in [9.17, 15) is 10.1 Å². The van der Waals surface area contributed by atoms with Crippen LogP contribution < -0.4 is 19.9 Å². The molecule has 33 heavy (non-hydrogen) atoms. The molecular formula is C27H22N2O4. The molecule has 0 radical (unpaired) electrons. The van der Waals surface area contributed by atoms with Crippen LogP contribution in [0.15, 0.2) is 84.3 Å². The summed E-state index contributed by atoms with van der Waals surface area (Å²) in [5, 5.41) is 9.74. The van der Waals surface area contributed by atoms with Gasteiger partial charge in [-0.05, 0) is 30.7 Å². The highest BCUT2D eigenvalue weighted by Gasteiger charge is 2.32. The zero-order valence-electron chi connectivity index (χ0n) is 18.2. The molecule has 1 unspecified atom stereocenters. The lowest BCUT2D eigenvalue weighted by Gasteiger charge is -2.27. The Labute approximate surface area is 192 Å². The van der Waals surface area contributed by atoms with Gasteiger partial charge >= 0.3 is 5.97 Å². The first-order valence-corrected chi connectivity index (χ1v) is 10.3. The van der Waals surface area contributed by atoms with Crippen LogP contribution in [0.2, 0.25) is 0 Å². The minimum Gasteiger partial charge on any atom is -0.496 e. The number of nitriles is 1. The lowest BCUT2D eigenvalue weighted by molar-refractivity contribution is -0.128. The standard InChI is InChI=1S/C27H22N2O4/c1-17-7-9-18(10-8-17)11-14-25(30)32-19-12-13-21-24(15-19)33-27(29)22(16-28)26(21)20-5-3-4-6-23(20)31-2/h3-15,26H,29H2,1-2H3/b14-11+. The molecule has 1 heterocycles. The van der Waals surface area contributed by atoms with E-state index in [2.05, 4.69) is 6.07 Å². The molecule has 1 atom stereocenters. The Bertz CT molecular complexity index is 1300. The lowest BCUT2D eigenvalue weighted by atomic mass is 9.83. The fourth-order valence-corrected chi connectivity index (χ4v) is 3.72. The Hall–Kier alpha value is -4.50. The van der Waals surface area contributed by atoms with Crippen molar-refractivity contribution in [2.75, 3.05) is 7.11 Å². The monoisotopic (exact) mass is 438 g/mol. The number of methoxy groups -OCH3 is 1. The first-order chi connectivity index (χ1) is 16.0. The van der Waals surface area contributed by atoms with E-state index in [0.717, 1.165) is 22.3 Å². The Morgan fingerprint density at radius 2 is 1.85 bits per heavy atom. The van der Waals surface area contributed by atoms with Gasteiger partial charge in [-0.2, -0.15) is 5.26 Å². The smallest absolute Gasteiger partial charge is 0.336 e. The molecule has 0 spiro atoms. The van der Waals surface area contributed by atoms with E-state index in [4.69, 9.17) is 19.9 Å². The topological polar surface area (TPSA) is 94.6 Å². The predicted octanol–water partition coefficient (Wildman–Crippen LogP) is 4.84. The molecule has 1 aliphatic heterocycles. The molecule has 1 aliphatic rings. The minimum atomic E-state index is -0.520. The first-order valence-electron chi connectivity index (χ1n) is 10.3. The van der Waals surface area contributed by atoms with Gasteiger partial charge in [0, 0.05) is 23.3 Å². The van der Waals surface area contributed by atoms with Crippen molar-refractivity contribution in [1.29, 1.82) is 5.26 Å². The third-order valence-corrected chi connectivity index (χ3v) is 5.35. The van der Waals surface area contributed by atoms with Crippen LogP contribution in [-0.4, -0.2) is 13.1 Å². The van der Waals surface area contributed by atoms with E-state index >= 15 is 0 Å². The van der Waals surface area contributed by atoms with Crippen LogP contribution in [0.1, 0.15) is 28.2 Å². The maximum atomic E-state index is 12.3. The van der Waals surface area contributed by atoms with E-state index in [1.54, 1.807) is 31.4 Å². The van der Waals surface area contributed by atoms with Crippen LogP contribution in [-0.2, 0) is 4.79 Å². The molecule has 0 aromatic heterocycles. The van der Waals surface area contributed by atoms with Crippen molar-refractivity contribution in [2.24, 2.45) is 5.73 Å². The van der Waals surface area contributed by atoms with Gasteiger partial charge in [-0.1, -0.05) is 54.1 Å². The van der Waals surface area contributed by atoms with E-state index in [1.165, 1.54) is 6.08 Å². The van der Waals surface area contributed by atoms with Crippen molar-refractivity contribution in [3.05, 3.63) is 107 Å². The molecular weight excluding hydrogens is 416 g/mol. The van der Waals surface area contributed by atoms with E-state index in [-0.39, 0.29) is 11.5 Å². The van der Waals surface area contributed by atoms with Crippen LogP contribution in [0.4, 0.5) is 0 Å². The summed E-state index contributed by atoms with van der Waals surface area (Å²) in [5.74, 6) is 0.362. The van der Waals surface area contributed by atoms with Gasteiger partial charge in [-0.3, -0.25) is 0 Å². The molecule has 3 aromatic carbocycles. The number of rotatable bonds is 5. The average molecular weight is 438 g/mol. The van der Waals surface area contributed by atoms with E-state index in [0.29, 0.717) is 17.2 Å². The normalized spacial score (nSPS) is 14.9. The van der Waals surface area contributed by atoms with Crippen molar-refractivity contribution >= 4 is 12.0 Å². The SMILES string of the molecule is COc1ccccc1C1C(C#N)=C(N)Oc2cc(OC(=O)/C=C/c3ccc(C)cc3)ccc21. The first kappa shape index (κ1) is 21.7. The van der Waals surface area contributed by atoms with Crippen molar-refractivity contribution in [2.45, 2.75) is 12.8 Å². The number of hydrogen-bond acceptors (Lipinski definition) is 6. The van der Waals surface area contributed by atoms with E-state index < -0.39 is 11.9 Å². The Kier molecular flexibility index (Phi) is 6.14. The Morgan fingerprint density at radius 1 is 1.09 bits per heavy atom. The molecule has 164 valence electrons. The molecule has 0 bridgehead atoms. The Morgan fingerprint density at radius 3 is 2.58 bits per heavy atom. The molecule has 6 nitrogen and oxygen atoms in total. The van der Waals surface area contributed by atoms with Gasteiger partial charge in [-0.15, -0.1) is 0 Å². The van der Waals surface area contributed by atoms with Gasteiger partial charge in [-0.25, -0.2) is 4.79 Å². The number of aryl methyl sites for hydroxylation is 1. The van der Waals surface area contributed by atoms with Crippen molar-refractivity contribution in [1.82, 2.24) is 0 Å². The third kappa shape index (κ3) is 4.58. The fourth-order valence-electron chi connectivity index (χ4n) is 3.72. The van der Waals surface area contributed by atoms with Gasteiger partial charge in [0.1, 0.15) is 28.9 Å². The fraction of sp³-hybridized carbons (Fsp3) is 0.111. The van der Waals surface area contributed by atoms with Gasteiger partial charge < -0.3 is 19.9 Å². The number of carbonyl (C=O) groups is 1. The van der Waals surface area contributed by atoms with Crippen LogP contribution in [0, 0.1) is 18.3 Å². The molecule has 0 aliphatic carbocycles. The van der Waals surface area contributed by atoms with Crippen LogP contribution in [0.3, 0.4) is 0 Å². The highest BCUT2D eigenvalue weighted by atomic mass is 16.5. The second-order valence-electron chi connectivity index (χ2n) is 7.53. The summed E-state index contributed by atoms with van der Waals surface area (Å²) in [5.41, 5.74) is 9.91. The number of fused-ring (bicyclic) bond motifs is 1. The maximum absolute atomic E-state index is 12.3. The number of allylic oxidation sites excluding steroid dienone is 1. The number of hydrogen-bond donors (Lipinski definition) is 1. The number of para-hydroxylation sites is 1. The molecule has 4 rings (SSSR count). The number of nitrogens with two attached hydrogens (primary N) is 1. The van der Waals surface area contributed by atoms with Gasteiger partial charge in [0.15, 0.2) is 0 Å². The zero-order chi connectivity index (χ0) is 23.4.